The predicted molar refractivity (Wildman–Crippen MR) is 101 cm³/mol. The second-order valence-electron chi connectivity index (χ2n) is 8.25. The maximum absolute atomic E-state index is 8.97. The van der Waals surface area contributed by atoms with Gasteiger partial charge in [0.25, 0.3) is 0 Å². The highest BCUT2D eigenvalue weighted by molar-refractivity contribution is 5.41. The fraction of sp³-hybridized carbons (Fsp3) is 0.667. The number of piperazine rings is 1. The number of nitrogens with zero attached hydrogens (tertiary/aromatic N) is 3. The zero-order chi connectivity index (χ0) is 17.3. The minimum absolute atomic E-state index is 0.420. The van der Waals surface area contributed by atoms with Crippen molar-refractivity contribution in [2.45, 2.75) is 37.1 Å². The van der Waals surface area contributed by atoms with Crippen molar-refractivity contribution < 1.29 is 0 Å². The van der Waals surface area contributed by atoms with Crippen molar-refractivity contribution in [3.63, 3.8) is 0 Å². The SMILES string of the molecule is CN1CCN(CCCN[C@@H]2CC[C@]3(c4ccc(C#N)cc4)C[C@H]23)CC1. The lowest BCUT2D eigenvalue weighted by atomic mass is 9.93. The fourth-order valence-electron chi connectivity index (χ4n) is 5.02. The van der Waals surface area contributed by atoms with Crippen LogP contribution in [0.1, 0.15) is 36.8 Å². The second kappa shape index (κ2) is 7.07. The van der Waals surface area contributed by atoms with E-state index in [1.807, 2.05) is 12.1 Å². The van der Waals surface area contributed by atoms with Gasteiger partial charge in [-0.1, -0.05) is 12.1 Å². The Bertz CT molecular complexity index is 626. The number of hydrogen-bond donors (Lipinski definition) is 1. The van der Waals surface area contributed by atoms with Gasteiger partial charge in [-0.05, 0) is 69.4 Å². The van der Waals surface area contributed by atoms with Gasteiger partial charge in [0, 0.05) is 37.6 Å². The van der Waals surface area contributed by atoms with Gasteiger partial charge in [0.05, 0.1) is 11.6 Å². The van der Waals surface area contributed by atoms with Gasteiger partial charge in [-0.2, -0.15) is 5.26 Å². The van der Waals surface area contributed by atoms with E-state index in [-0.39, 0.29) is 0 Å². The number of nitrogens with one attached hydrogen (secondary N) is 1. The summed E-state index contributed by atoms with van der Waals surface area (Å²) < 4.78 is 0. The van der Waals surface area contributed by atoms with Crippen LogP contribution >= 0.6 is 0 Å². The molecule has 134 valence electrons. The Morgan fingerprint density at radius 1 is 1.20 bits per heavy atom. The molecule has 4 heteroatoms. The van der Waals surface area contributed by atoms with Crippen molar-refractivity contribution in [2.24, 2.45) is 5.92 Å². The summed E-state index contributed by atoms with van der Waals surface area (Å²) >= 11 is 0. The lowest BCUT2D eigenvalue weighted by Crippen LogP contribution is -2.45. The summed E-state index contributed by atoms with van der Waals surface area (Å²) in [6.07, 6.45) is 5.20. The minimum atomic E-state index is 0.420. The largest absolute Gasteiger partial charge is 0.314 e. The monoisotopic (exact) mass is 338 g/mol. The minimum Gasteiger partial charge on any atom is -0.314 e. The lowest BCUT2D eigenvalue weighted by Gasteiger charge is -2.32. The van der Waals surface area contributed by atoms with Gasteiger partial charge in [0.15, 0.2) is 0 Å². The van der Waals surface area contributed by atoms with Gasteiger partial charge in [-0.15, -0.1) is 0 Å². The van der Waals surface area contributed by atoms with E-state index in [0.717, 1.165) is 18.0 Å². The van der Waals surface area contributed by atoms with Crippen LogP contribution in [0.2, 0.25) is 0 Å². The van der Waals surface area contributed by atoms with Crippen molar-refractivity contribution in [3.8, 4) is 6.07 Å². The first-order valence-electron chi connectivity index (χ1n) is 9.86. The highest BCUT2D eigenvalue weighted by Gasteiger charge is 2.61. The van der Waals surface area contributed by atoms with Gasteiger partial charge in [0.2, 0.25) is 0 Å². The molecule has 4 nitrogen and oxygen atoms in total. The Labute approximate surface area is 151 Å². The Morgan fingerprint density at radius 2 is 1.96 bits per heavy atom. The Hall–Kier alpha value is -1.41. The third-order valence-corrected chi connectivity index (χ3v) is 6.76. The van der Waals surface area contributed by atoms with Crippen molar-refractivity contribution in [1.29, 1.82) is 5.26 Å². The molecule has 1 saturated heterocycles. The summed E-state index contributed by atoms with van der Waals surface area (Å²) in [5, 5.41) is 12.8. The molecule has 4 rings (SSSR count). The van der Waals surface area contributed by atoms with Crippen LogP contribution < -0.4 is 5.32 Å². The highest BCUT2D eigenvalue weighted by atomic mass is 15.2. The highest BCUT2D eigenvalue weighted by Crippen LogP contribution is 2.64. The number of benzene rings is 1. The lowest BCUT2D eigenvalue weighted by molar-refractivity contribution is 0.152. The Balaban J connectivity index is 1.21. The molecular formula is C21H30N4. The zero-order valence-electron chi connectivity index (χ0n) is 15.4. The van der Waals surface area contributed by atoms with Gasteiger partial charge in [0.1, 0.15) is 0 Å². The Morgan fingerprint density at radius 3 is 2.64 bits per heavy atom. The van der Waals surface area contributed by atoms with E-state index in [9.17, 15) is 0 Å². The summed E-state index contributed by atoms with van der Waals surface area (Å²) in [6.45, 7) is 7.27. The molecule has 1 aromatic carbocycles. The van der Waals surface area contributed by atoms with Gasteiger partial charge in [-0.3, -0.25) is 0 Å². The van der Waals surface area contributed by atoms with Crippen LogP contribution in [-0.4, -0.2) is 62.2 Å². The molecule has 0 spiro atoms. The standard InChI is InChI=1S/C21H30N4/c1-24-11-13-25(14-12-24)10-2-9-23-20-7-8-21(15-19(20)21)18-5-3-17(16-22)4-6-18/h3-6,19-20,23H,2,7-15H2,1H3/t19-,20-,21-/m1/s1. The maximum atomic E-state index is 8.97. The van der Waals surface area contributed by atoms with Crippen LogP contribution in [0.5, 0.6) is 0 Å². The second-order valence-corrected chi connectivity index (χ2v) is 8.25. The third kappa shape index (κ3) is 3.46. The smallest absolute Gasteiger partial charge is 0.0991 e. The molecule has 1 aliphatic heterocycles. The van der Waals surface area contributed by atoms with E-state index in [0.29, 0.717) is 11.5 Å². The van der Waals surface area contributed by atoms with Gasteiger partial charge >= 0.3 is 0 Å². The first-order chi connectivity index (χ1) is 12.2. The number of fused-ring (bicyclic) bond motifs is 1. The molecule has 0 aromatic heterocycles. The van der Waals surface area contributed by atoms with Crippen LogP contribution in [0.25, 0.3) is 0 Å². The average Bonchev–Trinajstić information content (AvgIpc) is 3.29. The van der Waals surface area contributed by atoms with E-state index < -0.39 is 0 Å². The number of hydrogen-bond acceptors (Lipinski definition) is 4. The fourth-order valence-corrected chi connectivity index (χ4v) is 5.02. The zero-order valence-corrected chi connectivity index (χ0v) is 15.4. The summed E-state index contributed by atoms with van der Waals surface area (Å²) in [6, 6.07) is 11.3. The van der Waals surface area contributed by atoms with Crippen molar-refractivity contribution in [2.75, 3.05) is 46.3 Å². The van der Waals surface area contributed by atoms with Crippen LogP contribution in [0.15, 0.2) is 24.3 Å². The summed E-state index contributed by atoms with van der Waals surface area (Å²) in [4.78, 5) is 5.03. The normalized spacial score (nSPS) is 32.3. The van der Waals surface area contributed by atoms with E-state index in [4.69, 9.17) is 5.26 Å². The van der Waals surface area contributed by atoms with Crippen LogP contribution in [0.4, 0.5) is 0 Å². The van der Waals surface area contributed by atoms with Crippen molar-refractivity contribution in [3.05, 3.63) is 35.4 Å². The molecule has 1 aromatic rings. The summed E-state index contributed by atoms with van der Waals surface area (Å²) in [5.41, 5.74) is 2.65. The first kappa shape index (κ1) is 17.0. The first-order valence-corrected chi connectivity index (χ1v) is 9.86. The molecule has 1 N–H and O–H groups in total. The molecule has 3 aliphatic rings. The quantitative estimate of drug-likeness (QED) is 0.808. The molecule has 25 heavy (non-hydrogen) atoms. The maximum Gasteiger partial charge on any atom is 0.0991 e. The van der Waals surface area contributed by atoms with Gasteiger partial charge < -0.3 is 15.1 Å². The molecule has 2 saturated carbocycles. The van der Waals surface area contributed by atoms with Crippen LogP contribution in [0, 0.1) is 17.2 Å². The molecule has 0 bridgehead atoms. The molecule has 2 aliphatic carbocycles. The molecule has 3 atom stereocenters. The van der Waals surface area contributed by atoms with Crippen molar-refractivity contribution in [1.82, 2.24) is 15.1 Å². The molecule has 1 heterocycles. The predicted octanol–water partition coefficient (Wildman–Crippen LogP) is 2.21. The number of rotatable bonds is 6. The molecular weight excluding hydrogens is 308 g/mol. The summed E-state index contributed by atoms with van der Waals surface area (Å²) in [5.74, 6) is 0.809. The molecule has 0 radical (unpaired) electrons. The third-order valence-electron chi connectivity index (χ3n) is 6.76. The van der Waals surface area contributed by atoms with Crippen molar-refractivity contribution >= 4 is 0 Å². The van der Waals surface area contributed by atoms with E-state index in [2.05, 4.69) is 40.4 Å². The summed E-state index contributed by atoms with van der Waals surface area (Å²) in [7, 11) is 2.22. The van der Waals surface area contributed by atoms with Gasteiger partial charge in [-0.25, -0.2) is 0 Å². The Kier molecular flexibility index (Phi) is 4.82. The average molecular weight is 338 g/mol. The van der Waals surface area contributed by atoms with E-state index in [1.165, 1.54) is 64.0 Å². The van der Waals surface area contributed by atoms with Crippen LogP contribution in [-0.2, 0) is 5.41 Å². The van der Waals surface area contributed by atoms with Crippen LogP contribution in [0.3, 0.4) is 0 Å². The topological polar surface area (TPSA) is 42.3 Å². The van der Waals surface area contributed by atoms with E-state index >= 15 is 0 Å². The number of likely N-dealkylation sites (N-methyl/N-ethyl adjacent to an activating group) is 1. The van der Waals surface area contributed by atoms with E-state index in [1.54, 1.807) is 0 Å². The molecule has 3 fully saturated rings. The molecule has 0 amide bonds. The molecule has 0 unspecified atom stereocenters. The number of nitriles is 1.